The number of hydrogen-bond acceptors (Lipinski definition) is 3. The van der Waals surface area contributed by atoms with Crippen molar-refractivity contribution in [1.82, 2.24) is 4.98 Å². The van der Waals surface area contributed by atoms with E-state index in [1.807, 2.05) is 18.2 Å². The minimum Gasteiger partial charge on any atom is -0.508 e. The molecule has 0 amide bonds. The number of nitrogens with zero attached hydrogens (tertiary/aromatic N) is 1. The zero-order chi connectivity index (χ0) is 11.9. The van der Waals surface area contributed by atoms with Crippen LogP contribution in [0.3, 0.4) is 0 Å². The topological polar surface area (TPSA) is 59.1 Å². The van der Waals surface area contributed by atoms with Gasteiger partial charge in [-0.15, -0.1) is 0 Å². The molecule has 3 N–H and O–H groups in total. The molecule has 0 spiro atoms. The van der Waals surface area contributed by atoms with Crippen LogP contribution >= 0.6 is 0 Å². The molecule has 1 aromatic heterocycles. The van der Waals surface area contributed by atoms with E-state index >= 15 is 0 Å². The summed E-state index contributed by atoms with van der Waals surface area (Å²) in [5, 5.41) is 10.3. The van der Waals surface area contributed by atoms with Gasteiger partial charge in [-0.05, 0) is 49.9 Å². The van der Waals surface area contributed by atoms with Gasteiger partial charge >= 0.3 is 0 Å². The number of fused-ring (bicyclic) bond motifs is 1. The number of aromatic nitrogens is 1. The lowest BCUT2D eigenvalue weighted by atomic mass is 10.1. The molecule has 0 radical (unpaired) electrons. The van der Waals surface area contributed by atoms with E-state index < -0.39 is 0 Å². The molecule has 0 aliphatic heterocycles. The maximum atomic E-state index is 9.37. The highest BCUT2D eigenvalue weighted by atomic mass is 16.3. The van der Waals surface area contributed by atoms with Gasteiger partial charge in [0, 0.05) is 16.6 Å². The first-order chi connectivity index (χ1) is 8.15. The van der Waals surface area contributed by atoms with Crippen molar-refractivity contribution in [3.8, 4) is 5.75 Å². The third kappa shape index (κ3) is 2.24. The average Bonchev–Trinajstić information content (AvgIpc) is 3.05. The van der Waals surface area contributed by atoms with Gasteiger partial charge in [-0.25, -0.2) is 0 Å². The molecule has 0 atom stereocenters. The Labute approximate surface area is 100 Å². The van der Waals surface area contributed by atoms with Crippen LogP contribution in [-0.2, 0) is 6.42 Å². The van der Waals surface area contributed by atoms with Crippen LogP contribution in [0.15, 0.2) is 30.3 Å². The van der Waals surface area contributed by atoms with Gasteiger partial charge < -0.3 is 10.8 Å². The van der Waals surface area contributed by atoms with E-state index in [0.717, 1.165) is 42.3 Å². The summed E-state index contributed by atoms with van der Waals surface area (Å²) in [6.45, 7) is 0. The van der Waals surface area contributed by atoms with Crippen LogP contribution in [-0.4, -0.2) is 15.6 Å². The fourth-order valence-corrected chi connectivity index (χ4v) is 2.08. The van der Waals surface area contributed by atoms with E-state index in [2.05, 4.69) is 4.98 Å². The molecule has 2 aromatic rings. The van der Waals surface area contributed by atoms with Crippen molar-refractivity contribution in [3.63, 3.8) is 0 Å². The van der Waals surface area contributed by atoms with Crippen molar-refractivity contribution in [1.29, 1.82) is 0 Å². The summed E-state index contributed by atoms with van der Waals surface area (Å²) in [4.78, 5) is 4.58. The Hall–Kier alpha value is -1.61. The molecule has 17 heavy (non-hydrogen) atoms. The lowest BCUT2D eigenvalue weighted by molar-refractivity contribution is 0.476. The molecule has 1 saturated carbocycles. The number of pyridine rings is 1. The van der Waals surface area contributed by atoms with Gasteiger partial charge in [-0.2, -0.15) is 0 Å². The van der Waals surface area contributed by atoms with Crippen LogP contribution < -0.4 is 5.73 Å². The average molecular weight is 228 g/mol. The quantitative estimate of drug-likeness (QED) is 0.847. The van der Waals surface area contributed by atoms with Crippen molar-refractivity contribution in [2.45, 2.75) is 31.2 Å². The van der Waals surface area contributed by atoms with E-state index in [1.54, 1.807) is 12.1 Å². The molecule has 1 aromatic carbocycles. The summed E-state index contributed by atoms with van der Waals surface area (Å²) in [5.41, 5.74) is 8.17. The van der Waals surface area contributed by atoms with Crippen LogP contribution in [0.5, 0.6) is 5.75 Å². The standard InChI is InChI=1S/C14H16N2O/c15-14(7-8-14)6-5-11-2-1-10-9-12(17)3-4-13(10)16-11/h1-4,9,17H,5-8,15H2. The zero-order valence-corrected chi connectivity index (χ0v) is 9.69. The summed E-state index contributed by atoms with van der Waals surface area (Å²) in [7, 11) is 0. The smallest absolute Gasteiger partial charge is 0.116 e. The molecule has 1 aliphatic rings. The van der Waals surface area contributed by atoms with Crippen LogP contribution in [0.4, 0.5) is 0 Å². The molecule has 0 unspecified atom stereocenters. The zero-order valence-electron chi connectivity index (χ0n) is 9.69. The SMILES string of the molecule is NC1(CCc2ccc3cc(O)ccc3n2)CC1. The Balaban J connectivity index is 1.83. The Kier molecular flexibility index (Phi) is 2.30. The molecule has 3 rings (SSSR count). The van der Waals surface area contributed by atoms with E-state index in [4.69, 9.17) is 5.73 Å². The summed E-state index contributed by atoms with van der Waals surface area (Å²) in [5.74, 6) is 0.283. The van der Waals surface area contributed by atoms with Gasteiger partial charge in [0.25, 0.3) is 0 Å². The molecule has 1 aliphatic carbocycles. The molecular weight excluding hydrogens is 212 g/mol. The molecule has 1 heterocycles. The Morgan fingerprint density at radius 1 is 1.24 bits per heavy atom. The summed E-state index contributed by atoms with van der Waals surface area (Å²) in [6, 6.07) is 9.28. The van der Waals surface area contributed by atoms with E-state index in [9.17, 15) is 5.11 Å². The highest BCUT2D eigenvalue weighted by Gasteiger charge is 2.37. The highest BCUT2D eigenvalue weighted by molar-refractivity contribution is 5.80. The van der Waals surface area contributed by atoms with Gasteiger partial charge in [-0.3, -0.25) is 4.98 Å². The molecular formula is C14H16N2O. The second-order valence-corrected chi connectivity index (χ2v) is 5.04. The number of aryl methyl sites for hydroxylation is 1. The predicted octanol–water partition coefficient (Wildman–Crippen LogP) is 2.36. The molecule has 88 valence electrons. The summed E-state index contributed by atoms with van der Waals surface area (Å²) in [6.07, 6.45) is 4.25. The van der Waals surface area contributed by atoms with Crippen molar-refractivity contribution in [2.75, 3.05) is 0 Å². The van der Waals surface area contributed by atoms with E-state index in [1.165, 1.54) is 0 Å². The first kappa shape index (κ1) is 10.5. The van der Waals surface area contributed by atoms with Gasteiger partial charge in [0.2, 0.25) is 0 Å². The maximum Gasteiger partial charge on any atom is 0.116 e. The van der Waals surface area contributed by atoms with Gasteiger partial charge in [0.1, 0.15) is 5.75 Å². The number of benzene rings is 1. The minimum atomic E-state index is 0.0889. The number of nitrogens with two attached hydrogens (primary N) is 1. The van der Waals surface area contributed by atoms with Gasteiger partial charge in [-0.1, -0.05) is 6.07 Å². The number of phenols is 1. The third-order valence-electron chi connectivity index (χ3n) is 3.50. The maximum absolute atomic E-state index is 9.37. The fourth-order valence-electron chi connectivity index (χ4n) is 2.08. The Bertz CT molecular complexity index is 561. The van der Waals surface area contributed by atoms with Gasteiger partial charge in [0.05, 0.1) is 5.52 Å². The second kappa shape index (κ2) is 3.70. The van der Waals surface area contributed by atoms with Crippen LogP contribution in [0.1, 0.15) is 25.0 Å². The van der Waals surface area contributed by atoms with Crippen molar-refractivity contribution < 1.29 is 5.11 Å². The monoisotopic (exact) mass is 228 g/mol. The lowest BCUT2D eigenvalue weighted by Crippen LogP contribution is -2.22. The van der Waals surface area contributed by atoms with Crippen molar-refractivity contribution in [2.24, 2.45) is 5.73 Å². The number of phenolic OH excluding ortho intramolecular Hbond substituents is 1. The molecule has 3 nitrogen and oxygen atoms in total. The van der Waals surface area contributed by atoms with E-state index in [-0.39, 0.29) is 11.3 Å². The highest BCUT2D eigenvalue weighted by Crippen LogP contribution is 2.36. The van der Waals surface area contributed by atoms with Crippen molar-refractivity contribution in [3.05, 3.63) is 36.0 Å². The predicted molar refractivity (Wildman–Crippen MR) is 67.9 cm³/mol. The summed E-state index contributed by atoms with van der Waals surface area (Å²) < 4.78 is 0. The van der Waals surface area contributed by atoms with Crippen LogP contribution in [0.2, 0.25) is 0 Å². The fraction of sp³-hybridized carbons (Fsp3) is 0.357. The second-order valence-electron chi connectivity index (χ2n) is 5.04. The van der Waals surface area contributed by atoms with E-state index in [0.29, 0.717) is 0 Å². The lowest BCUT2D eigenvalue weighted by Gasteiger charge is -2.08. The number of rotatable bonds is 3. The van der Waals surface area contributed by atoms with Crippen LogP contribution in [0, 0.1) is 0 Å². The minimum absolute atomic E-state index is 0.0889. The Morgan fingerprint density at radius 3 is 2.82 bits per heavy atom. The normalized spacial score (nSPS) is 17.2. The number of hydrogen-bond donors (Lipinski definition) is 2. The molecule has 0 bridgehead atoms. The van der Waals surface area contributed by atoms with Crippen LogP contribution in [0.25, 0.3) is 10.9 Å². The molecule has 3 heteroatoms. The molecule has 1 fully saturated rings. The Morgan fingerprint density at radius 2 is 2.06 bits per heavy atom. The first-order valence-electron chi connectivity index (χ1n) is 6.02. The first-order valence-corrected chi connectivity index (χ1v) is 6.02. The molecule has 0 saturated heterocycles. The third-order valence-corrected chi connectivity index (χ3v) is 3.50. The van der Waals surface area contributed by atoms with Gasteiger partial charge in [0.15, 0.2) is 0 Å². The summed E-state index contributed by atoms with van der Waals surface area (Å²) >= 11 is 0. The largest absolute Gasteiger partial charge is 0.508 e. The number of aromatic hydroxyl groups is 1. The van der Waals surface area contributed by atoms with Crippen molar-refractivity contribution >= 4 is 10.9 Å².